The van der Waals surface area contributed by atoms with E-state index < -0.39 is 0 Å². The van der Waals surface area contributed by atoms with Crippen molar-refractivity contribution < 1.29 is 0 Å². The molecule has 0 radical (unpaired) electrons. The Morgan fingerprint density at radius 1 is 1.50 bits per heavy atom. The minimum Gasteiger partial charge on any atom is -0.330 e. The molecule has 0 spiro atoms. The molecule has 0 saturated heterocycles. The van der Waals surface area contributed by atoms with Gasteiger partial charge in [0.2, 0.25) is 0 Å². The quantitative estimate of drug-likeness (QED) is 0.584. The third kappa shape index (κ3) is 5.83. The van der Waals surface area contributed by atoms with Gasteiger partial charge in [0.15, 0.2) is 0 Å². The van der Waals surface area contributed by atoms with Crippen LogP contribution >= 0.6 is 0 Å². The fourth-order valence-corrected chi connectivity index (χ4v) is 0.904. The zero-order chi connectivity index (χ0) is 7.82. The van der Waals surface area contributed by atoms with E-state index in [0.29, 0.717) is 5.92 Å². The molecule has 1 heteroatoms. The van der Waals surface area contributed by atoms with Gasteiger partial charge in [-0.25, -0.2) is 0 Å². The maximum Gasteiger partial charge on any atom is -0.00771 e. The molecule has 0 bridgehead atoms. The van der Waals surface area contributed by atoms with Gasteiger partial charge >= 0.3 is 0 Å². The summed E-state index contributed by atoms with van der Waals surface area (Å²) in [5.41, 5.74) is 5.38. The zero-order valence-corrected chi connectivity index (χ0v) is 7.14. The van der Waals surface area contributed by atoms with Gasteiger partial charge in [0, 0.05) is 0 Å². The molecular weight excluding hydrogens is 122 g/mol. The van der Waals surface area contributed by atoms with Gasteiger partial charge in [-0.05, 0) is 31.7 Å². The maximum absolute atomic E-state index is 5.38. The summed E-state index contributed by atoms with van der Waals surface area (Å²) in [6.45, 7) is 5.22. The maximum atomic E-state index is 5.38. The zero-order valence-electron chi connectivity index (χ0n) is 7.14. The van der Waals surface area contributed by atoms with Gasteiger partial charge in [-0.15, -0.1) is 0 Å². The second kappa shape index (κ2) is 6.81. The molecule has 0 fully saturated rings. The lowest BCUT2D eigenvalue weighted by atomic mass is 10.1. The monoisotopic (exact) mass is 141 g/mol. The average molecular weight is 141 g/mol. The van der Waals surface area contributed by atoms with Crippen molar-refractivity contribution in [2.24, 2.45) is 11.7 Å². The van der Waals surface area contributed by atoms with E-state index in [-0.39, 0.29) is 0 Å². The SMILES string of the molecule is CC/C=C/C(C)CCCN. The summed E-state index contributed by atoms with van der Waals surface area (Å²) in [5.74, 6) is 0.712. The summed E-state index contributed by atoms with van der Waals surface area (Å²) in [6.07, 6.45) is 8.02. The first-order valence-corrected chi connectivity index (χ1v) is 4.18. The molecule has 0 aliphatic heterocycles. The minimum absolute atomic E-state index is 0.712. The van der Waals surface area contributed by atoms with E-state index in [0.717, 1.165) is 19.4 Å². The number of rotatable bonds is 5. The van der Waals surface area contributed by atoms with Crippen molar-refractivity contribution in [3.63, 3.8) is 0 Å². The van der Waals surface area contributed by atoms with Crippen LogP contribution in [0, 0.1) is 5.92 Å². The standard InChI is InChI=1S/C9H19N/c1-3-4-6-9(2)7-5-8-10/h4,6,9H,3,5,7-8,10H2,1-2H3/b6-4+. The molecule has 0 amide bonds. The van der Waals surface area contributed by atoms with Crippen molar-refractivity contribution >= 4 is 0 Å². The predicted molar refractivity (Wildman–Crippen MR) is 46.9 cm³/mol. The minimum atomic E-state index is 0.712. The van der Waals surface area contributed by atoms with Crippen molar-refractivity contribution in [3.8, 4) is 0 Å². The van der Waals surface area contributed by atoms with Crippen molar-refractivity contribution in [3.05, 3.63) is 12.2 Å². The molecule has 1 unspecified atom stereocenters. The topological polar surface area (TPSA) is 26.0 Å². The third-order valence-electron chi connectivity index (χ3n) is 1.56. The van der Waals surface area contributed by atoms with E-state index in [4.69, 9.17) is 5.73 Å². The first-order valence-electron chi connectivity index (χ1n) is 4.18. The van der Waals surface area contributed by atoms with Gasteiger partial charge in [0.25, 0.3) is 0 Å². The molecule has 0 aromatic heterocycles. The van der Waals surface area contributed by atoms with Crippen LogP contribution in [0.25, 0.3) is 0 Å². The van der Waals surface area contributed by atoms with Gasteiger partial charge in [-0.1, -0.05) is 26.0 Å². The summed E-state index contributed by atoms with van der Waals surface area (Å²) in [4.78, 5) is 0. The van der Waals surface area contributed by atoms with E-state index in [1.807, 2.05) is 0 Å². The van der Waals surface area contributed by atoms with Gasteiger partial charge in [-0.2, -0.15) is 0 Å². The van der Waals surface area contributed by atoms with Crippen LogP contribution in [0.4, 0.5) is 0 Å². The normalized spacial score (nSPS) is 14.3. The molecule has 0 aromatic rings. The van der Waals surface area contributed by atoms with E-state index in [1.165, 1.54) is 6.42 Å². The summed E-state index contributed by atoms with van der Waals surface area (Å²) in [7, 11) is 0. The van der Waals surface area contributed by atoms with Crippen LogP contribution < -0.4 is 5.73 Å². The molecule has 10 heavy (non-hydrogen) atoms. The summed E-state index contributed by atoms with van der Waals surface area (Å²) in [6, 6.07) is 0. The van der Waals surface area contributed by atoms with E-state index in [9.17, 15) is 0 Å². The van der Waals surface area contributed by atoms with Crippen molar-refractivity contribution in [2.45, 2.75) is 33.1 Å². The molecule has 0 aliphatic carbocycles. The fraction of sp³-hybridized carbons (Fsp3) is 0.778. The van der Waals surface area contributed by atoms with Gasteiger partial charge in [-0.3, -0.25) is 0 Å². The second-order valence-corrected chi connectivity index (χ2v) is 2.74. The van der Waals surface area contributed by atoms with E-state index >= 15 is 0 Å². The molecular formula is C9H19N. The van der Waals surface area contributed by atoms with Crippen molar-refractivity contribution in [1.29, 1.82) is 0 Å². The van der Waals surface area contributed by atoms with Crippen LogP contribution in [0.5, 0.6) is 0 Å². The molecule has 1 nitrogen and oxygen atoms in total. The largest absolute Gasteiger partial charge is 0.330 e. The van der Waals surface area contributed by atoms with Crippen LogP contribution in [0.2, 0.25) is 0 Å². The van der Waals surface area contributed by atoms with Gasteiger partial charge in [0.1, 0.15) is 0 Å². The first-order chi connectivity index (χ1) is 4.81. The van der Waals surface area contributed by atoms with Crippen LogP contribution in [0.3, 0.4) is 0 Å². The second-order valence-electron chi connectivity index (χ2n) is 2.74. The Hall–Kier alpha value is -0.300. The number of hydrogen-bond acceptors (Lipinski definition) is 1. The van der Waals surface area contributed by atoms with Gasteiger partial charge < -0.3 is 5.73 Å². The Morgan fingerprint density at radius 2 is 2.20 bits per heavy atom. The summed E-state index contributed by atoms with van der Waals surface area (Å²) < 4.78 is 0. The molecule has 0 rings (SSSR count). The third-order valence-corrected chi connectivity index (χ3v) is 1.56. The highest BCUT2D eigenvalue weighted by Gasteiger charge is 1.93. The highest BCUT2D eigenvalue weighted by Crippen LogP contribution is 2.05. The van der Waals surface area contributed by atoms with Crippen molar-refractivity contribution in [2.75, 3.05) is 6.54 Å². The van der Waals surface area contributed by atoms with Gasteiger partial charge in [0.05, 0.1) is 0 Å². The lowest BCUT2D eigenvalue weighted by molar-refractivity contribution is 0.611. The molecule has 60 valence electrons. The lowest BCUT2D eigenvalue weighted by Crippen LogP contribution is -2.00. The predicted octanol–water partition coefficient (Wildman–Crippen LogP) is 2.33. The highest BCUT2D eigenvalue weighted by atomic mass is 14.5. The highest BCUT2D eigenvalue weighted by molar-refractivity contribution is 4.85. The molecule has 0 saturated carbocycles. The fourth-order valence-electron chi connectivity index (χ4n) is 0.904. The van der Waals surface area contributed by atoms with Crippen LogP contribution in [0.1, 0.15) is 33.1 Å². The Labute approximate surface area is 64.3 Å². The van der Waals surface area contributed by atoms with Crippen LogP contribution in [-0.2, 0) is 0 Å². The van der Waals surface area contributed by atoms with Crippen LogP contribution in [-0.4, -0.2) is 6.54 Å². The molecule has 0 aliphatic rings. The molecule has 0 aromatic carbocycles. The Morgan fingerprint density at radius 3 is 2.70 bits per heavy atom. The van der Waals surface area contributed by atoms with E-state index in [2.05, 4.69) is 26.0 Å². The van der Waals surface area contributed by atoms with E-state index in [1.54, 1.807) is 0 Å². The molecule has 1 atom stereocenters. The number of nitrogens with two attached hydrogens (primary N) is 1. The summed E-state index contributed by atoms with van der Waals surface area (Å²) >= 11 is 0. The van der Waals surface area contributed by atoms with Crippen LogP contribution in [0.15, 0.2) is 12.2 Å². The summed E-state index contributed by atoms with van der Waals surface area (Å²) in [5, 5.41) is 0. The Bertz CT molecular complexity index is 86.7. The lowest BCUT2D eigenvalue weighted by Gasteiger charge is -2.02. The smallest absolute Gasteiger partial charge is 0.00771 e. The Kier molecular flexibility index (Phi) is 6.61. The number of hydrogen-bond donors (Lipinski definition) is 1. The molecule has 2 N–H and O–H groups in total. The number of allylic oxidation sites excluding steroid dienone is 2. The first kappa shape index (κ1) is 9.70. The molecule has 0 heterocycles. The average Bonchev–Trinajstić information content (AvgIpc) is 1.97. The Balaban J connectivity index is 3.24. The van der Waals surface area contributed by atoms with Crippen molar-refractivity contribution in [1.82, 2.24) is 0 Å².